The van der Waals surface area contributed by atoms with Crippen LogP contribution in [-0.2, 0) is 21.3 Å². The Bertz CT molecular complexity index is 717. The average molecular weight is 351 g/mol. The van der Waals surface area contributed by atoms with E-state index in [1.165, 1.54) is 24.3 Å². The summed E-state index contributed by atoms with van der Waals surface area (Å²) in [7, 11) is -3.51. The van der Waals surface area contributed by atoms with Gasteiger partial charge in [0.05, 0.1) is 21.6 Å². The zero-order valence-electron chi connectivity index (χ0n) is 10.6. The molecule has 2 aromatic carbocycles. The van der Waals surface area contributed by atoms with E-state index in [2.05, 4.69) is 0 Å². The van der Waals surface area contributed by atoms with Crippen molar-refractivity contribution >= 4 is 33.0 Å². The number of hydrogen-bond donors (Lipinski definition) is 0. The summed E-state index contributed by atoms with van der Waals surface area (Å²) in [6, 6.07) is 7.48. The van der Waals surface area contributed by atoms with Crippen LogP contribution in [0.1, 0.15) is 11.1 Å². The standard InChI is InChI=1S/C14H10Cl2F2O2S/c15-11-5-9(1-3-13(11)17)7-21(19,20)8-10-2-4-14(18)12(16)6-10/h1-6H,7-8H2. The van der Waals surface area contributed by atoms with E-state index in [4.69, 9.17) is 23.2 Å². The van der Waals surface area contributed by atoms with E-state index in [-0.39, 0.29) is 21.6 Å². The van der Waals surface area contributed by atoms with Crippen LogP contribution in [0.15, 0.2) is 36.4 Å². The fourth-order valence-electron chi connectivity index (χ4n) is 1.82. The van der Waals surface area contributed by atoms with Crippen LogP contribution in [0.25, 0.3) is 0 Å². The van der Waals surface area contributed by atoms with Gasteiger partial charge in [-0.05, 0) is 35.4 Å². The quantitative estimate of drug-likeness (QED) is 0.819. The van der Waals surface area contributed by atoms with Gasteiger partial charge in [-0.2, -0.15) is 0 Å². The molecule has 2 rings (SSSR count). The molecule has 0 unspecified atom stereocenters. The third kappa shape index (κ3) is 4.40. The number of halogens is 4. The first-order valence-electron chi connectivity index (χ1n) is 5.85. The Morgan fingerprint density at radius 1 is 0.810 bits per heavy atom. The summed E-state index contributed by atoms with van der Waals surface area (Å²) in [5.74, 6) is -1.80. The average Bonchev–Trinajstić information content (AvgIpc) is 2.37. The van der Waals surface area contributed by atoms with Crippen LogP contribution >= 0.6 is 23.2 Å². The minimum absolute atomic E-state index is 0.132. The molecule has 0 atom stereocenters. The fourth-order valence-corrected chi connectivity index (χ4v) is 3.70. The maximum atomic E-state index is 13.0. The van der Waals surface area contributed by atoms with Crippen LogP contribution in [-0.4, -0.2) is 8.42 Å². The van der Waals surface area contributed by atoms with Crippen LogP contribution in [0.4, 0.5) is 8.78 Å². The maximum Gasteiger partial charge on any atom is 0.158 e. The van der Waals surface area contributed by atoms with Crippen LogP contribution < -0.4 is 0 Å². The summed E-state index contributed by atoms with van der Waals surface area (Å²) < 4.78 is 50.2. The summed E-state index contributed by atoms with van der Waals surface area (Å²) in [4.78, 5) is 0. The van der Waals surface area contributed by atoms with Gasteiger partial charge in [-0.3, -0.25) is 0 Å². The predicted octanol–water partition coefficient (Wildman–Crippen LogP) is 4.39. The molecule has 0 fully saturated rings. The van der Waals surface area contributed by atoms with Gasteiger partial charge in [-0.25, -0.2) is 17.2 Å². The molecule has 0 spiro atoms. The molecule has 0 N–H and O–H groups in total. The van der Waals surface area contributed by atoms with Gasteiger partial charge in [-0.15, -0.1) is 0 Å². The molecule has 2 aromatic rings. The summed E-state index contributed by atoms with van der Waals surface area (Å²) in [5, 5.41) is -0.264. The first-order valence-corrected chi connectivity index (χ1v) is 8.43. The van der Waals surface area contributed by atoms with Gasteiger partial charge in [0.1, 0.15) is 11.6 Å². The van der Waals surface area contributed by atoms with Crippen molar-refractivity contribution in [2.45, 2.75) is 11.5 Å². The van der Waals surface area contributed by atoms with Crippen molar-refractivity contribution in [1.82, 2.24) is 0 Å². The van der Waals surface area contributed by atoms with E-state index in [1.807, 2.05) is 0 Å². The molecule has 112 valence electrons. The van der Waals surface area contributed by atoms with Gasteiger partial charge in [0.25, 0.3) is 0 Å². The molecule has 0 aliphatic heterocycles. The second-order valence-electron chi connectivity index (χ2n) is 4.53. The van der Waals surface area contributed by atoms with Crippen LogP contribution in [0.5, 0.6) is 0 Å². The van der Waals surface area contributed by atoms with Crippen molar-refractivity contribution in [2.24, 2.45) is 0 Å². The summed E-state index contributed by atoms with van der Waals surface area (Å²) in [6.07, 6.45) is 0. The van der Waals surface area contributed by atoms with Gasteiger partial charge in [0, 0.05) is 0 Å². The van der Waals surface area contributed by atoms with Crippen molar-refractivity contribution in [3.05, 3.63) is 69.2 Å². The van der Waals surface area contributed by atoms with Crippen LogP contribution in [0, 0.1) is 11.6 Å². The Morgan fingerprint density at radius 2 is 1.19 bits per heavy atom. The van der Waals surface area contributed by atoms with Gasteiger partial charge in [0.15, 0.2) is 9.84 Å². The molecule has 0 aromatic heterocycles. The molecule has 0 saturated heterocycles. The molecule has 0 bridgehead atoms. The zero-order valence-corrected chi connectivity index (χ0v) is 12.9. The van der Waals surface area contributed by atoms with E-state index in [9.17, 15) is 17.2 Å². The molecular weight excluding hydrogens is 341 g/mol. The Kier molecular flexibility index (Phi) is 4.86. The Labute approximate surface area is 131 Å². The monoisotopic (exact) mass is 350 g/mol. The largest absolute Gasteiger partial charge is 0.228 e. The lowest BCUT2D eigenvalue weighted by atomic mass is 10.2. The predicted molar refractivity (Wildman–Crippen MR) is 79.1 cm³/mol. The third-order valence-corrected chi connectivity index (χ3v) is 4.87. The topological polar surface area (TPSA) is 34.1 Å². The highest BCUT2D eigenvalue weighted by Crippen LogP contribution is 2.21. The van der Waals surface area contributed by atoms with Gasteiger partial charge < -0.3 is 0 Å². The molecular formula is C14H10Cl2F2O2S. The molecule has 0 amide bonds. The minimum atomic E-state index is -3.51. The summed E-state index contributed by atoms with van der Waals surface area (Å²) in [6.45, 7) is 0. The van der Waals surface area contributed by atoms with E-state index in [0.29, 0.717) is 11.1 Å². The molecule has 0 aliphatic carbocycles. The molecule has 2 nitrogen and oxygen atoms in total. The van der Waals surface area contributed by atoms with Crippen molar-refractivity contribution in [3.8, 4) is 0 Å². The highest BCUT2D eigenvalue weighted by Gasteiger charge is 2.15. The first-order chi connectivity index (χ1) is 9.77. The van der Waals surface area contributed by atoms with E-state index in [0.717, 1.165) is 12.1 Å². The lowest BCUT2D eigenvalue weighted by Gasteiger charge is -2.06. The fraction of sp³-hybridized carbons (Fsp3) is 0.143. The Morgan fingerprint density at radius 3 is 1.52 bits per heavy atom. The number of benzene rings is 2. The van der Waals surface area contributed by atoms with Crippen LogP contribution in [0.2, 0.25) is 10.0 Å². The minimum Gasteiger partial charge on any atom is -0.228 e. The second-order valence-corrected chi connectivity index (χ2v) is 7.41. The maximum absolute atomic E-state index is 13.0. The van der Waals surface area contributed by atoms with Crippen LogP contribution in [0.3, 0.4) is 0 Å². The molecule has 21 heavy (non-hydrogen) atoms. The van der Waals surface area contributed by atoms with Crippen molar-refractivity contribution < 1.29 is 17.2 Å². The number of sulfone groups is 1. The normalized spacial score (nSPS) is 11.6. The molecule has 0 heterocycles. The zero-order chi connectivity index (χ0) is 15.6. The van der Waals surface area contributed by atoms with Crippen molar-refractivity contribution in [1.29, 1.82) is 0 Å². The first kappa shape index (κ1) is 16.2. The second kappa shape index (κ2) is 6.30. The highest BCUT2D eigenvalue weighted by molar-refractivity contribution is 7.89. The molecule has 0 radical (unpaired) electrons. The third-order valence-electron chi connectivity index (χ3n) is 2.74. The van der Waals surface area contributed by atoms with Crippen molar-refractivity contribution in [3.63, 3.8) is 0 Å². The summed E-state index contributed by atoms with van der Waals surface area (Å²) in [5.41, 5.74) is 0.768. The number of hydrogen-bond acceptors (Lipinski definition) is 2. The Hall–Kier alpha value is -1.17. The lowest BCUT2D eigenvalue weighted by molar-refractivity contribution is 0.593. The van der Waals surface area contributed by atoms with Gasteiger partial charge in [-0.1, -0.05) is 35.3 Å². The smallest absolute Gasteiger partial charge is 0.158 e. The van der Waals surface area contributed by atoms with Gasteiger partial charge >= 0.3 is 0 Å². The van der Waals surface area contributed by atoms with Crippen molar-refractivity contribution in [2.75, 3.05) is 0 Å². The number of rotatable bonds is 4. The summed E-state index contributed by atoms with van der Waals surface area (Å²) >= 11 is 11.2. The lowest BCUT2D eigenvalue weighted by Crippen LogP contribution is -2.08. The van der Waals surface area contributed by atoms with Gasteiger partial charge in [0.2, 0.25) is 0 Å². The molecule has 7 heteroatoms. The molecule has 0 saturated carbocycles. The van der Waals surface area contributed by atoms with E-state index >= 15 is 0 Å². The highest BCUT2D eigenvalue weighted by atomic mass is 35.5. The Balaban J connectivity index is 2.18. The van der Waals surface area contributed by atoms with E-state index in [1.54, 1.807) is 0 Å². The molecule has 0 aliphatic rings. The SMILES string of the molecule is O=S(=O)(Cc1ccc(F)c(Cl)c1)Cc1ccc(F)c(Cl)c1. The van der Waals surface area contributed by atoms with E-state index < -0.39 is 21.5 Å².